The highest BCUT2D eigenvalue weighted by molar-refractivity contribution is 6.32. The fraction of sp³-hybridized carbons (Fsp3) is 0.417. The van der Waals surface area contributed by atoms with Gasteiger partial charge in [0.25, 0.3) is 0 Å². The van der Waals surface area contributed by atoms with E-state index in [1.54, 1.807) is 18.2 Å². The van der Waals surface area contributed by atoms with Crippen LogP contribution in [0.3, 0.4) is 0 Å². The van der Waals surface area contributed by atoms with Crippen LogP contribution in [0.15, 0.2) is 18.2 Å². The van der Waals surface area contributed by atoms with Crippen molar-refractivity contribution in [2.45, 2.75) is 19.3 Å². The van der Waals surface area contributed by atoms with Crippen LogP contribution >= 0.6 is 11.6 Å². The predicted octanol–water partition coefficient (Wildman–Crippen LogP) is 2.42. The molecule has 1 aromatic carbocycles. The first-order valence-corrected chi connectivity index (χ1v) is 5.70. The van der Waals surface area contributed by atoms with Crippen LogP contribution in [-0.4, -0.2) is 24.8 Å². The van der Waals surface area contributed by atoms with Crippen molar-refractivity contribution < 1.29 is 19.4 Å². The number of ether oxygens (including phenoxy) is 2. The average Bonchev–Trinajstić information content (AvgIpc) is 2.32. The van der Waals surface area contributed by atoms with Gasteiger partial charge in [0.05, 0.1) is 12.1 Å². The third kappa shape index (κ3) is 4.63. The molecule has 0 saturated heterocycles. The lowest BCUT2D eigenvalue weighted by Gasteiger charge is -2.07. The quantitative estimate of drug-likeness (QED) is 0.484. The molecule has 0 aliphatic carbocycles. The maximum Gasteiger partial charge on any atom is 0.311 e. The Balaban J connectivity index is 2.57. The minimum Gasteiger partial charge on any atom is -0.497 e. The molecule has 1 rings (SSSR count). The molecular weight excluding hydrogens is 244 g/mol. The molecule has 0 aliphatic heterocycles. The lowest BCUT2D eigenvalue weighted by molar-refractivity contribution is -0.134. The lowest BCUT2D eigenvalue weighted by atomic mass is 10.2. The van der Waals surface area contributed by atoms with E-state index in [0.717, 1.165) is 0 Å². The fourth-order valence-electron chi connectivity index (χ4n) is 1.24. The van der Waals surface area contributed by atoms with Gasteiger partial charge in [-0.2, -0.15) is 0 Å². The number of hydrogen-bond donors (Lipinski definition) is 1. The van der Waals surface area contributed by atoms with Gasteiger partial charge in [-0.25, -0.2) is 0 Å². The van der Waals surface area contributed by atoms with Gasteiger partial charge in [0.15, 0.2) is 5.75 Å². The second kappa shape index (κ2) is 7.14. The summed E-state index contributed by atoms with van der Waals surface area (Å²) in [5.41, 5.74) is 0. The van der Waals surface area contributed by atoms with Crippen LogP contribution in [0.25, 0.3) is 0 Å². The lowest BCUT2D eigenvalue weighted by Crippen LogP contribution is -2.08. The van der Waals surface area contributed by atoms with Crippen LogP contribution in [0.5, 0.6) is 11.5 Å². The Labute approximate surface area is 105 Å². The van der Waals surface area contributed by atoms with Crippen LogP contribution in [0.1, 0.15) is 19.3 Å². The van der Waals surface area contributed by atoms with E-state index >= 15 is 0 Å². The largest absolute Gasteiger partial charge is 0.497 e. The van der Waals surface area contributed by atoms with E-state index in [4.69, 9.17) is 26.2 Å². The molecule has 0 saturated carbocycles. The van der Waals surface area contributed by atoms with Gasteiger partial charge in [-0.3, -0.25) is 4.79 Å². The van der Waals surface area contributed by atoms with E-state index in [2.05, 4.69) is 0 Å². The molecule has 0 aromatic heterocycles. The van der Waals surface area contributed by atoms with Crippen LogP contribution in [0.2, 0.25) is 5.02 Å². The van der Waals surface area contributed by atoms with Crippen molar-refractivity contribution in [3.63, 3.8) is 0 Å². The monoisotopic (exact) mass is 258 g/mol. The van der Waals surface area contributed by atoms with Crippen molar-refractivity contribution in [2.75, 3.05) is 13.7 Å². The molecule has 4 nitrogen and oxygen atoms in total. The Morgan fingerprint density at radius 2 is 2.18 bits per heavy atom. The average molecular weight is 259 g/mol. The number of esters is 1. The van der Waals surface area contributed by atoms with Crippen LogP contribution in [0.4, 0.5) is 0 Å². The summed E-state index contributed by atoms with van der Waals surface area (Å²) in [7, 11) is 1.52. The van der Waals surface area contributed by atoms with Gasteiger partial charge in [-0.1, -0.05) is 11.6 Å². The predicted molar refractivity (Wildman–Crippen MR) is 64.6 cm³/mol. The first-order valence-electron chi connectivity index (χ1n) is 5.32. The Morgan fingerprint density at radius 1 is 1.41 bits per heavy atom. The molecule has 0 bridgehead atoms. The Kier molecular flexibility index (Phi) is 5.80. The van der Waals surface area contributed by atoms with Crippen molar-refractivity contribution >= 4 is 17.6 Å². The maximum absolute atomic E-state index is 11.4. The summed E-state index contributed by atoms with van der Waals surface area (Å²) in [6.45, 7) is 0.0766. The third-order valence-electron chi connectivity index (χ3n) is 2.15. The molecule has 94 valence electrons. The maximum atomic E-state index is 11.4. The molecule has 0 amide bonds. The van der Waals surface area contributed by atoms with Gasteiger partial charge in [-0.05, 0) is 25.0 Å². The van der Waals surface area contributed by atoms with Crippen molar-refractivity contribution in [1.29, 1.82) is 0 Å². The molecule has 0 radical (unpaired) electrons. The number of methoxy groups -OCH3 is 1. The van der Waals surface area contributed by atoms with Crippen molar-refractivity contribution in [1.82, 2.24) is 0 Å². The van der Waals surface area contributed by atoms with Crippen molar-refractivity contribution in [3.8, 4) is 11.5 Å². The molecule has 0 aliphatic rings. The SMILES string of the molecule is COc1ccc(Cl)c(OC(=O)CCCCO)c1. The minimum atomic E-state index is -0.367. The fourth-order valence-corrected chi connectivity index (χ4v) is 1.40. The first kappa shape index (κ1) is 13.8. The van der Waals surface area contributed by atoms with E-state index in [1.807, 2.05) is 0 Å². The first-order chi connectivity index (χ1) is 8.17. The van der Waals surface area contributed by atoms with Gasteiger partial charge >= 0.3 is 5.97 Å². The van der Waals surface area contributed by atoms with Crippen LogP contribution in [0, 0.1) is 0 Å². The topological polar surface area (TPSA) is 55.8 Å². The molecule has 0 fully saturated rings. The van der Waals surface area contributed by atoms with Crippen LogP contribution < -0.4 is 9.47 Å². The number of aliphatic hydroxyl groups is 1. The smallest absolute Gasteiger partial charge is 0.311 e. The molecule has 1 aromatic rings. The zero-order valence-corrected chi connectivity index (χ0v) is 10.4. The van der Waals surface area contributed by atoms with Gasteiger partial charge in [0.2, 0.25) is 0 Å². The molecule has 1 N–H and O–H groups in total. The number of carbonyl (C=O) groups excluding carboxylic acids is 1. The molecule has 0 unspecified atom stereocenters. The standard InChI is InChI=1S/C12H15ClO4/c1-16-9-5-6-10(13)11(8-9)17-12(15)4-2-3-7-14/h5-6,8,14H,2-4,7H2,1H3. The van der Waals surface area contributed by atoms with E-state index in [1.165, 1.54) is 7.11 Å². The number of hydrogen-bond acceptors (Lipinski definition) is 4. The summed E-state index contributed by atoms with van der Waals surface area (Å²) >= 11 is 5.89. The number of benzene rings is 1. The van der Waals surface area contributed by atoms with Gasteiger partial charge in [-0.15, -0.1) is 0 Å². The number of unbranched alkanes of at least 4 members (excludes halogenated alkanes) is 1. The third-order valence-corrected chi connectivity index (χ3v) is 2.46. The Hall–Kier alpha value is -1.26. The van der Waals surface area contributed by atoms with E-state index in [9.17, 15) is 4.79 Å². The number of rotatable bonds is 6. The highest BCUT2D eigenvalue weighted by Gasteiger charge is 2.09. The normalized spacial score (nSPS) is 10.1. The van der Waals surface area contributed by atoms with E-state index in [-0.39, 0.29) is 19.0 Å². The van der Waals surface area contributed by atoms with E-state index < -0.39 is 0 Å². The summed E-state index contributed by atoms with van der Waals surface area (Å²) in [6, 6.07) is 4.86. The summed E-state index contributed by atoms with van der Waals surface area (Å²) < 4.78 is 10.1. The molecule has 5 heteroatoms. The van der Waals surface area contributed by atoms with Gasteiger partial charge < -0.3 is 14.6 Å². The Bertz CT molecular complexity index is 379. The van der Waals surface area contributed by atoms with Crippen molar-refractivity contribution in [3.05, 3.63) is 23.2 Å². The minimum absolute atomic E-state index is 0.0766. The molecular formula is C12H15ClO4. The molecule has 0 heterocycles. The summed E-state index contributed by atoms with van der Waals surface area (Å²) in [4.78, 5) is 11.4. The van der Waals surface area contributed by atoms with E-state index in [0.29, 0.717) is 29.4 Å². The zero-order chi connectivity index (χ0) is 12.7. The molecule has 0 spiro atoms. The molecule has 0 atom stereocenters. The number of aliphatic hydroxyl groups excluding tert-OH is 1. The van der Waals surface area contributed by atoms with Gasteiger partial charge in [0.1, 0.15) is 5.75 Å². The highest BCUT2D eigenvalue weighted by Crippen LogP contribution is 2.29. The zero-order valence-electron chi connectivity index (χ0n) is 9.61. The second-order valence-corrected chi connectivity index (χ2v) is 3.86. The summed E-state index contributed by atoms with van der Waals surface area (Å²) in [6.07, 6.45) is 1.44. The Morgan fingerprint density at radius 3 is 2.82 bits per heavy atom. The van der Waals surface area contributed by atoms with Gasteiger partial charge in [0, 0.05) is 19.1 Å². The molecule has 17 heavy (non-hydrogen) atoms. The van der Waals surface area contributed by atoms with Crippen LogP contribution in [-0.2, 0) is 4.79 Å². The number of carbonyl (C=O) groups is 1. The number of halogens is 1. The van der Waals surface area contributed by atoms with Crippen molar-refractivity contribution in [2.24, 2.45) is 0 Å². The highest BCUT2D eigenvalue weighted by atomic mass is 35.5. The second-order valence-electron chi connectivity index (χ2n) is 3.45. The summed E-state index contributed by atoms with van der Waals surface area (Å²) in [5, 5.41) is 8.95. The summed E-state index contributed by atoms with van der Waals surface area (Å²) in [5.74, 6) is 0.501.